The quantitative estimate of drug-likeness (QED) is 0.898. The molecule has 1 aromatic rings. The van der Waals surface area contributed by atoms with E-state index in [2.05, 4.69) is 0 Å². The van der Waals surface area contributed by atoms with E-state index >= 15 is 0 Å². The number of benzene rings is 1. The van der Waals surface area contributed by atoms with Crippen LogP contribution in [0.5, 0.6) is 0 Å². The third kappa shape index (κ3) is 3.02. The number of aliphatic hydroxyl groups is 1. The molecule has 0 saturated carbocycles. The van der Waals surface area contributed by atoms with Gasteiger partial charge in [0.15, 0.2) is 0 Å². The molecule has 3 rings (SSSR count). The van der Waals surface area contributed by atoms with Gasteiger partial charge in [0.05, 0.1) is 11.6 Å². The lowest BCUT2D eigenvalue weighted by molar-refractivity contribution is -0.136. The lowest BCUT2D eigenvalue weighted by atomic mass is 9.92. The third-order valence-corrected chi connectivity index (χ3v) is 5.62. The zero-order valence-electron chi connectivity index (χ0n) is 13.6. The number of carbonyl (C=O) groups excluding carboxylic acids is 2. The second kappa shape index (κ2) is 7.11. The van der Waals surface area contributed by atoms with Crippen molar-refractivity contribution < 1.29 is 19.1 Å². The molecule has 2 heterocycles. The van der Waals surface area contributed by atoms with Crippen molar-refractivity contribution in [3.05, 3.63) is 29.6 Å². The van der Waals surface area contributed by atoms with E-state index < -0.39 is 11.9 Å². The normalized spacial score (nSPS) is 23.3. The maximum Gasteiger partial charge on any atom is 0.250 e. The minimum atomic E-state index is -0.563. The standard InChI is InChI=1S/C17H21FN2O3S/c1-2-15(22)20-10-24-9-14(20)17(23)19-7-11(8-21)6-12-4-3-5-13(18)16(12)19/h3-5,11,14,21H,2,6-10H2,1H3/t11?,14-/m0/s1. The fraction of sp³-hybridized carbons (Fsp3) is 0.529. The van der Waals surface area contributed by atoms with Crippen molar-refractivity contribution >= 4 is 29.3 Å². The first-order chi connectivity index (χ1) is 11.6. The lowest BCUT2D eigenvalue weighted by Crippen LogP contribution is -2.52. The van der Waals surface area contributed by atoms with Crippen molar-refractivity contribution in [2.24, 2.45) is 5.92 Å². The molecule has 2 aliphatic rings. The Morgan fingerprint density at radius 1 is 1.42 bits per heavy atom. The summed E-state index contributed by atoms with van der Waals surface area (Å²) in [6.45, 7) is 1.99. The van der Waals surface area contributed by atoms with Crippen molar-refractivity contribution in [1.29, 1.82) is 0 Å². The van der Waals surface area contributed by atoms with Crippen LogP contribution in [0, 0.1) is 11.7 Å². The Morgan fingerprint density at radius 2 is 2.21 bits per heavy atom. The predicted molar refractivity (Wildman–Crippen MR) is 91.3 cm³/mol. The van der Waals surface area contributed by atoms with Gasteiger partial charge in [0.1, 0.15) is 11.9 Å². The van der Waals surface area contributed by atoms with Crippen LogP contribution < -0.4 is 4.90 Å². The van der Waals surface area contributed by atoms with Gasteiger partial charge in [0, 0.05) is 31.2 Å². The summed E-state index contributed by atoms with van der Waals surface area (Å²) < 4.78 is 14.4. The molecule has 0 bridgehead atoms. The minimum absolute atomic E-state index is 0.0588. The fourth-order valence-corrected chi connectivity index (χ4v) is 4.52. The van der Waals surface area contributed by atoms with Gasteiger partial charge in [-0.1, -0.05) is 19.1 Å². The van der Waals surface area contributed by atoms with Gasteiger partial charge in [-0.25, -0.2) is 4.39 Å². The second-order valence-corrected chi connectivity index (χ2v) is 7.18. The van der Waals surface area contributed by atoms with Crippen LogP contribution in [0.25, 0.3) is 0 Å². The van der Waals surface area contributed by atoms with Gasteiger partial charge in [-0.15, -0.1) is 11.8 Å². The molecule has 24 heavy (non-hydrogen) atoms. The Bertz CT molecular complexity index is 655. The van der Waals surface area contributed by atoms with E-state index in [0.717, 1.165) is 5.56 Å². The largest absolute Gasteiger partial charge is 0.396 e. The van der Waals surface area contributed by atoms with Gasteiger partial charge >= 0.3 is 0 Å². The molecule has 2 amide bonds. The summed E-state index contributed by atoms with van der Waals surface area (Å²) in [4.78, 5) is 28.2. The monoisotopic (exact) mass is 352 g/mol. The van der Waals surface area contributed by atoms with Gasteiger partial charge in [-0.05, 0) is 18.1 Å². The van der Waals surface area contributed by atoms with Crippen LogP contribution in [0.15, 0.2) is 18.2 Å². The zero-order chi connectivity index (χ0) is 17.3. The highest BCUT2D eigenvalue weighted by Gasteiger charge is 2.40. The van der Waals surface area contributed by atoms with Crippen LogP contribution in [0.1, 0.15) is 18.9 Å². The molecule has 1 N–H and O–H groups in total. The van der Waals surface area contributed by atoms with E-state index in [1.807, 2.05) is 0 Å². The third-order valence-electron chi connectivity index (χ3n) is 4.60. The van der Waals surface area contributed by atoms with E-state index in [-0.39, 0.29) is 30.9 Å². The molecule has 2 aliphatic heterocycles. The van der Waals surface area contributed by atoms with Crippen LogP contribution in [0.4, 0.5) is 10.1 Å². The Hall–Kier alpha value is -1.60. The van der Waals surface area contributed by atoms with E-state index in [4.69, 9.17) is 0 Å². The number of hydrogen-bond acceptors (Lipinski definition) is 4. The summed E-state index contributed by atoms with van der Waals surface area (Å²) in [6, 6.07) is 4.19. The van der Waals surface area contributed by atoms with Crippen LogP contribution in [0.2, 0.25) is 0 Å². The van der Waals surface area contributed by atoms with Crippen molar-refractivity contribution in [3.63, 3.8) is 0 Å². The average Bonchev–Trinajstić information content (AvgIpc) is 3.09. The molecular formula is C17H21FN2O3S. The second-order valence-electron chi connectivity index (χ2n) is 6.18. The highest BCUT2D eigenvalue weighted by Crippen LogP contribution is 2.34. The summed E-state index contributed by atoms with van der Waals surface area (Å²) in [5.74, 6) is 0.136. The fourth-order valence-electron chi connectivity index (χ4n) is 3.35. The summed E-state index contributed by atoms with van der Waals surface area (Å²) in [6.07, 6.45) is 0.888. The summed E-state index contributed by atoms with van der Waals surface area (Å²) >= 11 is 1.53. The number of halogens is 1. The van der Waals surface area contributed by atoms with Crippen LogP contribution >= 0.6 is 11.8 Å². The first-order valence-corrected chi connectivity index (χ1v) is 9.29. The van der Waals surface area contributed by atoms with Crippen molar-refractivity contribution in [1.82, 2.24) is 4.90 Å². The highest BCUT2D eigenvalue weighted by atomic mass is 32.2. The van der Waals surface area contributed by atoms with Gasteiger partial charge in [-0.3, -0.25) is 9.59 Å². The van der Waals surface area contributed by atoms with E-state index in [1.165, 1.54) is 22.7 Å². The molecule has 7 heteroatoms. The average molecular weight is 352 g/mol. The molecule has 5 nitrogen and oxygen atoms in total. The molecule has 2 atom stereocenters. The number of thioether (sulfide) groups is 1. The molecule has 0 aliphatic carbocycles. The molecule has 1 saturated heterocycles. The Morgan fingerprint density at radius 3 is 2.92 bits per heavy atom. The number of carbonyl (C=O) groups is 2. The van der Waals surface area contributed by atoms with E-state index in [9.17, 15) is 19.1 Å². The number of anilines is 1. The Kier molecular flexibility index (Phi) is 5.10. The van der Waals surface area contributed by atoms with Gasteiger partial charge in [-0.2, -0.15) is 0 Å². The number of aliphatic hydroxyl groups excluding tert-OH is 1. The Labute approximate surface area is 144 Å². The molecule has 1 unspecified atom stereocenters. The van der Waals surface area contributed by atoms with Crippen LogP contribution in [0.3, 0.4) is 0 Å². The number of amides is 2. The summed E-state index contributed by atoms with van der Waals surface area (Å²) in [5.41, 5.74) is 1.03. The number of nitrogens with zero attached hydrogens (tertiary/aromatic N) is 2. The predicted octanol–water partition coefficient (Wildman–Crippen LogP) is 1.63. The first-order valence-electron chi connectivity index (χ1n) is 8.13. The number of hydrogen-bond donors (Lipinski definition) is 1. The molecule has 0 spiro atoms. The smallest absolute Gasteiger partial charge is 0.250 e. The Balaban J connectivity index is 1.93. The summed E-state index contributed by atoms with van der Waals surface area (Å²) in [7, 11) is 0. The van der Waals surface area contributed by atoms with Crippen molar-refractivity contribution in [2.45, 2.75) is 25.8 Å². The number of para-hydroxylation sites is 1. The molecule has 1 fully saturated rings. The maximum absolute atomic E-state index is 14.4. The highest BCUT2D eigenvalue weighted by molar-refractivity contribution is 7.99. The zero-order valence-corrected chi connectivity index (χ0v) is 14.4. The SMILES string of the molecule is CCC(=O)N1CSC[C@H]1C(=O)N1CC(CO)Cc2cccc(F)c21. The topological polar surface area (TPSA) is 60.9 Å². The van der Waals surface area contributed by atoms with Crippen molar-refractivity contribution in [2.75, 3.05) is 29.7 Å². The van der Waals surface area contributed by atoms with Crippen LogP contribution in [-0.4, -0.2) is 52.6 Å². The van der Waals surface area contributed by atoms with Gasteiger partial charge < -0.3 is 14.9 Å². The van der Waals surface area contributed by atoms with Gasteiger partial charge in [0.25, 0.3) is 5.91 Å². The van der Waals surface area contributed by atoms with Crippen LogP contribution in [-0.2, 0) is 16.0 Å². The van der Waals surface area contributed by atoms with Crippen molar-refractivity contribution in [3.8, 4) is 0 Å². The number of fused-ring (bicyclic) bond motifs is 1. The number of rotatable bonds is 3. The van der Waals surface area contributed by atoms with E-state index in [0.29, 0.717) is 30.2 Å². The van der Waals surface area contributed by atoms with E-state index in [1.54, 1.807) is 24.0 Å². The molecule has 130 valence electrons. The summed E-state index contributed by atoms with van der Waals surface area (Å²) in [5, 5.41) is 9.53. The molecule has 0 aromatic heterocycles. The molecular weight excluding hydrogens is 331 g/mol. The molecule has 1 aromatic carbocycles. The maximum atomic E-state index is 14.4. The first kappa shape index (κ1) is 17.2. The molecule has 0 radical (unpaired) electrons. The lowest BCUT2D eigenvalue weighted by Gasteiger charge is -2.37. The van der Waals surface area contributed by atoms with Gasteiger partial charge in [0.2, 0.25) is 5.91 Å². The minimum Gasteiger partial charge on any atom is -0.396 e.